The molecule has 0 unspecified atom stereocenters. The fourth-order valence-electron chi connectivity index (χ4n) is 4.26. The number of aliphatic carboxylic acids is 1. The van der Waals surface area contributed by atoms with Crippen LogP contribution in [0.4, 0.5) is 18.9 Å². The highest BCUT2D eigenvalue weighted by Gasteiger charge is 2.38. The lowest BCUT2D eigenvalue weighted by molar-refractivity contribution is -0.192. The zero-order valence-corrected chi connectivity index (χ0v) is 25.6. The van der Waals surface area contributed by atoms with Crippen LogP contribution in [0.1, 0.15) is 42.3 Å². The Morgan fingerprint density at radius 3 is 2.30 bits per heavy atom. The van der Waals surface area contributed by atoms with Gasteiger partial charge in [0.05, 0.1) is 11.0 Å². The molecule has 0 fully saturated rings. The molecule has 0 bridgehead atoms. The van der Waals surface area contributed by atoms with E-state index in [1.54, 1.807) is 60.8 Å². The first kappa shape index (κ1) is 35.6. The topological polar surface area (TPSA) is 174 Å². The minimum Gasteiger partial charge on any atom is -0.475 e. The van der Waals surface area contributed by atoms with Gasteiger partial charge in [0.25, 0.3) is 15.9 Å². The van der Waals surface area contributed by atoms with E-state index >= 15 is 0 Å². The van der Waals surface area contributed by atoms with Crippen molar-refractivity contribution in [3.8, 4) is 6.19 Å². The van der Waals surface area contributed by atoms with E-state index in [1.807, 2.05) is 18.3 Å². The van der Waals surface area contributed by atoms with Crippen LogP contribution < -0.4 is 15.4 Å². The highest BCUT2D eigenvalue weighted by Crippen LogP contribution is 2.23. The highest BCUT2D eigenvalue weighted by molar-refractivity contribution is 7.92. The summed E-state index contributed by atoms with van der Waals surface area (Å²) in [5, 5.41) is 33.1. The number of hydrogen-bond donors (Lipinski definition) is 5. The minimum atomic E-state index is -5.08. The standard InChI is InChI=1S/C29H31N5O4S.C2HF3O2/c1-29(2,14-16-34-15-13-21-17-23(11-12-26(21)34)28(36)31-20-30)32-19-27(35)22-7-6-8-24(18-22)33-39(37,38)25-9-4-3-5-10-25;3-2(4,5)1(6)7/h3-13,15,17-18,27,32-33,35H,14,16,19H2,1-2H3,(H,31,36);(H,6,7)/t27-;/m0./s1. The Morgan fingerprint density at radius 1 is 1.00 bits per heavy atom. The molecule has 11 nitrogen and oxygen atoms in total. The van der Waals surface area contributed by atoms with Gasteiger partial charge < -0.3 is 20.1 Å². The van der Waals surface area contributed by atoms with Crippen LogP contribution in [0.5, 0.6) is 0 Å². The molecule has 4 rings (SSSR count). The Morgan fingerprint density at radius 2 is 1.67 bits per heavy atom. The number of nitrogens with zero attached hydrogens (tertiary/aromatic N) is 2. The molecule has 0 saturated heterocycles. The van der Waals surface area contributed by atoms with Gasteiger partial charge in [0.2, 0.25) is 0 Å². The smallest absolute Gasteiger partial charge is 0.475 e. The number of nitriles is 1. The SMILES string of the molecule is CC(C)(CCn1ccc2cc(C(=O)NC#N)ccc21)NC[C@H](O)c1cccc(NS(=O)(=O)c2ccccc2)c1.O=C(O)C(F)(F)F. The summed E-state index contributed by atoms with van der Waals surface area (Å²) in [6.07, 6.45) is -1.55. The van der Waals surface area contributed by atoms with Gasteiger partial charge >= 0.3 is 12.1 Å². The lowest BCUT2D eigenvalue weighted by Gasteiger charge is -2.28. The molecule has 0 saturated carbocycles. The molecule has 1 amide bonds. The van der Waals surface area contributed by atoms with Crippen LogP contribution in [0.2, 0.25) is 0 Å². The molecule has 46 heavy (non-hydrogen) atoms. The van der Waals surface area contributed by atoms with Crippen molar-refractivity contribution in [3.05, 3.63) is 96.2 Å². The Bertz CT molecular complexity index is 1820. The molecule has 15 heteroatoms. The molecule has 4 aromatic rings. The van der Waals surface area contributed by atoms with Gasteiger partial charge in [-0.25, -0.2) is 13.2 Å². The average molecular weight is 660 g/mol. The summed E-state index contributed by atoms with van der Waals surface area (Å²) in [6.45, 7) is 5.10. The summed E-state index contributed by atoms with van der Waals surface area (Å²) >= 11 is 0. The molecule has 3 aromatic carbocycles. The van der Waals surface area contributed by atoms with Crippen molar-refractivity contribution >= 4 is 38.5 Å². The van der Waals surface area contributed by atoms with E-state index in [0.29, 0.717) is 23.4 Å². The lowest BCUT2D eigenvalue weighted by atomic mass is 9.99. The zero-order chi connectivity index (χ0) is 34.1. The van der Waals surface area contributed by atoms with E-state index in [4.69, 9.17) is 15.2 Å². The number of fused-ring (bicyclic) bond motifs is 1. The molecule has 0 aliphatic rings. The Labute approximate surface area is 263 Å². The number of hydrogen-bond acceptors (Lipinski definition) is 7. The third-order valence-electron chi connectivity index (χ3n) is 6.77. The second-order valence-corrected chi connectivity index (χ2v) is 12.4. The maximum atomic E-state index is 12.6. The average Bonchev–Trinajstić information content (AvgIpc) is 3.41. The number of aliphatic hydroxyl groups is 1. The van der Waals surface area contributed by atoms with Crippen LogP contribution in [0, 0.1) is 11.5 Å². The monoisotopic (exact) mass is 659 g/mol. The number of sulfonamides is 1. The second kappa shape index (κ2) is 14.9. The Hall–Kier alpha value is -4.91. The summed E-state index contributed by atoms with van der Waals surface area (Å²) in [5.74, 6) is -3.19. The number of carboxylic acid groups (broad SMARTS) is 1. The quantitative estimate of drug-likeness (QED) is 0.113. The Balaban J connectivity index is 0.000000738. The molecular formula is C31H32F3N5O6S. The van der Waals surface area contributed by atoms with Crippen LogP contribution in [-0.2, 0) is 21.4 Å². The number of aliphatic hydroxyl groups excluding tert-OH is 1. The molecule has 1 heterocycles. The zero-order valence-electron chi connectivity index (χ0n) is 24.7. The number of β-amino-alcohol motifs (C(OH)–C–C–N with tert-alkyl or cyclic N) is 1. The van der Waals surface area contributed by atoms with Gasteiger partial charge in [0.15, 0.2) is 6.19 Å². The van der Waals surface area contributed by atoms with E-state index in [-0.39, 0.29) is 17.0 Å². The van der Waals surface area contributed by atoms with Crippen molar-refractivity contribution < 1.29 is 41.4 Å². The summed E-state index contributed by atoms with van der Waals surface area (Å²) in [7, 11) is -3.73. The van der Waals surface area contributed by atoms with E-state index in [9.17, 15) is 31.5 Å². The van der Waals surface area contributed by atoms with Gasteiger partial charge in [-0.15, -0.1) is 0 Å². The number of anilines is 1. The number of carbonyl (C=O) groups is 2. The number of nitrogens with one attached hydrogen (secondary N) is 3. The third-order valence-corrected chi connectivity index (χ3v) is 8.17. The maximum absolute atomic E-state index is 12.6. The normalized spacial score (nSPS) is 12.4. The summed E-state index contributed by atoms with van der Waals surface area (Å²) in [5.41, 5.74) is 2.07. The molecule has 1 atom stereocenters. The van der Waals surface area contributed by atoms with Gasteiger partial charge in [0.1, 0.15) is 0 Å². The van der Waals surface area contributed by atoms with Gasteiger partial charge in [-0.3, -0.25) is 14.8 Å². The van der Waals surface area contributed by atoms with Crippen molar-refractivity contribution in [1.82, 2.24) is 15.2 Å². The van der Waals surface area contributed by atoms with Crippen molar-refractivity contribution in [2.45, 2.75) is 49.5 Å². The second-order valence-electron chi connectivity index (χ2n) is 10.7. The number of alkyl halides is 3. The third kappa shape index (κ3) is 10.1. The maximum Gasteiger partial charge on any atom is 0.490 e. The Kier molecular flexibility index (Phi) is 11.5. The van der Waals surface area contributed by atoms with Gasteiger partial charge in [-0.05, 0) is 74.4 Å². The molecule has 244 valence electrons. The van der Waals surface area contributed by atoms with Gasteiger partial charge in [-0.1, -0.05) is 30.3 Å². The summed E-state index contributed by atoms with van der Waals surface area (Å²) in [4.78, 5) is 21.0. The first-order valence-corrected chi connectivity index (χ1v) is 15.2. The van der Waals surface area contributed by atoms with Crippen LogP contribution in [0.25, 0.3) is 10.9 Å². The van der Waals surface area contributed by atoms with Gasteiger partial charge in [0, 0.05) is 47.0 Å². The van der Waals surface area contributed by atoms with Crippen molar-refractivity contribution in [3.63, 3.8) is 0 Å². The molecule has 0 radical (unpaired) electrons. The fraction of sp³-hybridized carbons (Fsp3) is 0.258. The fourth-order valence-corrected chi connectivity index (χ4v) is 5.33. The van der Waals surface area contributed by atoms with Crippen LogP contribution in [-0.4, -0.2) is 53.3 Å². The number of carboxylic acids is 1. The molecule has 0 aliphatic heterocycles. The summed E-state index contributed by atoms with van der Waals surface area (Å²) < 4.78 is 61.7. The van der Waals surface area contributed by atoms with E-state index in [2.05, 4.69) is 33.8 Å². The van der Waals surface area contributed by atoms with Crippen LogP contribution in [0.3, 0.4) is 0 Å². The predicted octanol–water partition coefficient (Wildman–Crippen LogP) is 4.78. The molecular weight excluding hydrogens is 627 g/mol. The largest absolute Gasteiger partial charge is 0.490 e. The predicted molar refractivity (Wildman–Crippen MR) is 164 cm³/mol. The summed E-state index contributed by atoms with van der Waals surface area (Å²) in [6, 6.07) is 22.1. The number of aryl methyl sites for hydroxylation is 1. The molecule has 0 spiro atoms. The first-order valence-electron chi connectivity index (χ1n) is 13.7. The van der Waals surface area contributed by atoms with Crippen LogP contribution >= 0.6 is 0 Å². The molecule has 0 aliphatic carbocycles. The number of amides is 1. The first-order chi connectivity index (χ1) is 21.5. The van der Waals surface area contributed by atoms with E-state index in [0.717, 1.165) is 17.3 Å². The number of halogens is 3. The van der Waals surface area contributed by atoms with Crippen molar-refractivity contribution in [1.29, 1.82) is 5.26 Å². The van der Waals surface area contributed by atoms with Gasteiger partial charge in [-0.2, -0.15) is 18.4 Å². The number of rotatable bonds is 11. The number of carbonyl (C=O) groups excluding carboxylic acids is 1. The lowest BCUT2D eigenvalue weighted by Crippen LogP contribution is -2.42. The van der Waals surface area contributed by atoms with Crippen molar-refractivity contribution in [2.24, 2.45) is 0 Å². The molecule has 5 N–H and O–H groups in total. The number of aromatic nitrogens is 1. The van der Waals surface area contributed by atoms with E-state index < -0.39 is 34.2 Å². The highest BCUT2D eigenvalue weighted by atomic mass is 32.2. The van der Waals surface area contributed by atoms with Crippen LogP contribution in [0.15, 0.2) is 90.0 Å². The minimum absolute atomic E-state index is 0.166. The van der Waals surface area contributed by atoms with Crippen molar-refractivity contribution in [2.75, 3.05) is 11.3 Å². The van der Waals surface area contributed by atoms with E-state index in [1.165, 1.54) is 12.1 Å². The number of benzene rings is 3. The molecule has 1 aromatic heterocycles.